The molecule has 2 heterocycles. The molecule has 1 spiro atoms. The first-order valence-corrected chi connectivity index (χ1v) is 9.64. The molecular weight excluding hydrogens is 351 g/mol. The standard InChI is InChI=1S/C21H20ClFN2O/c22-15-6-9-20-17(12-15)19-13-18(14-4-7-16(23)8-5-14)24-25(19)21(26-20)10-2-1-3-11-21/h4-9,12,19H,1-3,10-11,13H2. The number of halogens is 2. The molecule has 2 aromatic carbocycles. The van der Waals surface area contributed by atoms with Crippen LogP contribution in [0.1, 0.15) is 55.7 Å². The van der Waals surface area contributed by atoms with Gasteiger partial charge in [-0.2, -0.15) is 5.10 Å². The highest BCUT2D eigenvalue weighted by molar-refractivity contribution is 6.30. The molecule has 3 nitrogen and oxygen atoms in total. The maximum Gasteiger partial charge on any atom is 0.198 e. The van der Waals surface area contributed by atoms with E-state index in [1.54, 1.807) is 12.1 Å². The van der Waals surface area contributed by atoms with Crippen LogP contribution in [0, 0.1) is 5.82 Å². The van der Waals surface area contributed by atoms with Gasteiger partial charge in [-0.15, -0.1) is 0 Å². The van der Waals surface area contributed by atoms with Crippen molar-refractivity contribution >= 4 is 17.3 Å². The van der Waals surface area contributed by atoms with Crippen LogP contribution in [0.15, 0.2) is 47.6 Å². The Kier molecular flexibility index (Phi) is 3.71. The molecule has 5 heteroatoms. The summed E-state index contributed by atoms with van der Waals surface area (Å²) in [6, 6.07) is 12.6. The summed E-state index contributed by atoms with van der Waals surface area (Å²) in [5.74, 6) is 0.697. The normalized spacial score (nSPS) is 23.2. The van der Waals surface area contributed by atoms with Gasteiger partial charge in [0.2, 0.25) is 0 Å². The highest BCUT2D eigenvalue weighted by atomic mass is 35.5. The SMILES string of the molecule is Fc1ccc(C2=NN3C(C2)c2cc(Cl)ccc2OC32CCCCC2)cc1. The maximum absolute atomic E-state index is 13.3. The summed E-state index contributed by atoms with van der Waals surface area (Å²) in [4.78, 5) is 0. The van der Waals surface area contributed by atoms with Gasteiger partial charge in [0.25, 0.3) is 0 Å². The van der Waals surface area contributed by atoms with E-state index < -0.39 is 0 Å². The summed E-state index contributed by atoms with van der Waals surface area (Å²) >= 11 is 6.26. The molecule has 2 aliphatic heterocycles. The fraction of sp³-hybridized carbons (Fsp3) is 0.381. The Labute approximate surface area is 157 Å². The molecule has 134 valence electrons. The number of fused-ring (bicyclic) bond motifs is 4. The summed E-state index contributed by atoms with van der Waals surface area (Å²) < 4.78 is 19.8. The number of benzene rings is 2. The molecule has 0 N–H and O–H groups in total. The van der Waals surface area contributed by atoms with E-state index in [1.165, 1.54) is 18.6 Å². The molecule has 0 amide bonds. The van der Waals surface area contributed by atoms with Crippen molar-refractivity contribution in [2.24, 2.45) is 5.10 Å². The highest BCUT2D eigenvalue weighted by Crippen LogP contribution is 2.51. The van der Waals surface area contributed by atoms with Crippen LogP contribution in [0.4, 0.5) is 4.39 Å². The third-order valence-electron chi connectivity index (χ3n) is 5.77. The third-order valence-corrected chi connectivity index (χ3v) is 6.01. The number of nitrogens with zero attached hydrogens (tertiary/aromatic N) is 2. The van der Waals surface area contributed by atoms with Gasteiger partial charge in [0.1, 0.15) is 11.6 Å². The van der Waals surface area contributed by atoms with Crippen molar-refractivity contribution in [2.75, 3.05) is 0 Å². The van der Waals surface area contributed by atoms with Crippen LogP contribution in [0.5, 0.6) is 5.75 Å². The van der Waals surface area contributed by atoms with Gasteiger partial charge in [0, 0.05) is 29.8 Å². The van der Waals surface area contributed by atoms with Crippen LogP contribution < -0.4 is 4.74 Å². The molecular formula is C21H20ClFN2O. The minimum absolute atomic E-state index is 0.121. The largest absolute Gasteiger partial charge is 0.466 e. The van der Waals surface area contributed by atoms with Crippen molar-refractivity contribution < 1.29 is 9.13 Å². The smallest absolute Gasteiger partial charge is 0.198 e. The fourth-order valence-electron chi connectivity index (χ4n) is 4.50. The van der Waals surface area contributed by atoms with E-state index in [0.717, 1.165) is 54.7 Å². The Hall–Kier alpha value is -2.07. The number of hydrogen-bond acceptors (Lipinski definition) is 3. The van der Waals surface area contributed by atoms with E-state index in [1.807, 2.05) is 18.2 Å². The summed E-state index contributed by atoms with van der Waals surface area (Å²) in [5.41, 5.74) is 2.67. The first-order valence-electron chi connectivity index (χ1n) is 9.26. The van der Waals surface area contributed by atoms with Crippen LogP contribution in [0.3, 0.4) is 0 Å². The summed E-state index contributed by atoms with van der Waals surface area (Å²) in [6.07, 6.45) is 6.27. The van der Waals surface area contributed by atoms with Gasteiger partial charge >= 0.3 is 0 Å². The van der Waals surface area contributed by atoms with Crippen LogP contribution in [0.25, 0.3) is 0 Å². The van der Waals surface area contributed by atoms with E-state index >= 15 is 0 Å². The van der Waals surface area contributed by atoms with Gasteiger partial charge in [-0.05, 0) is 48.7 Å². The fourth-order valence-corrected chi connectivity index (χ4v) is 4.68. The third kappa shape index (κ3) is 2.50. The lowest BCUT2D eigenvalue weighted by molar-refractivity contribution is -0.140. The molecule has 0 bridgehead atoms. The average Bonchev–Trinajstić information content (AvgIpc) is 3.11. The van der Waals surface area contributed by atoms with E-state index in [2.05, 4.69) is 5.01 Å². The van der Waals surface area contributed by atoms with Crippen LogP contribution >= 0.6 is 11.6 Å². The molecule has 26 heavy (non-hydrogen) atoms. The first kappa shape index (κ1) is 16.1. The van der Waals surface area contributed by atoms with Crippen molar-refractivity contribution in [3.05, 3.63) is 64.4 Å². The topological polar surface area (TPSA) is 24.8 Å². The lowest BCUT2D eigenvalue weighted by atomic mass is 9.86. The zero-order chi connectivity index (χ0) is 17.7. The van der Waals surface area contributed by atoms with E-state index in [4.69, 9.17) is 21.4 Å². The molecule has 1 unspecified atom stereocenters. The molecule has 0 saturated heterocycles. The molecule has 0 radical (unpaired) electrons. The molecule has 5 rings (SSSR count). The van der Waals surface area contributed by atoms with Crippen molar-refractivity contribution in [1.29, 1.82) is 0 Å². The molecule has 0 aromatic heterocycles. The molecule has 3 aliphatic rings. The summed E-state index contributed by atoms with van der Waals surface area (Å²) in [7, 11) is 0. The number of hydrogen-bond donors (Lipinski definition) is 0. The zero-order valence-corrected chi connectivity index (χ0v) is 15.2. The quantitative estimate of drug-likeness (QED) is 0.644. The summed E-state index contributed by atoms with van der Waals surface area (Å²) in [5, 5.41) is 7.86. The lowest BCUT2D eigenvalue weighted by Gasteiger charge is -2.49. The monoisotopic (exact) mass is 370 g/mol. The summed E-state index contributed by atoms with van der Waals surface area (Å²) in [6.45, 7) is 0. The van der Waals surface area contributed by atoms with E-state index in [-0.39, 0.29) is 17.6 Å². The minimum atomic E-state index is -0.370. The van der Waals surface area contributed by atoms with Gasteiger partial charge in [0.15, 0.2) is 5.72 Å². The lowest BCUT2D eigenvalue weighted by Crippen LogP contribution is -2.54. The van der Waals surface area contributed by atoms with Gasteiger partial charge < -0.3 is 4.74 Å². The Morgan fingerprint density at radius 3 is 2.62 bits per heavy atom. The van der Waals surface area contributed by atoms with Crippen molar-refractivity contribution in [1.82, 2.24) is 5.01 Å². The maximum atomic E-state index is 13.3. The van der Waals surface area contributed by atoms with Gasteiger partial charge in [-0.1, -0.05) is 30.2 Å². The van der Waals surface area contributed by atoms with Gasteiger partial charge in [0.05, 0.1) is 11.8 Å². The second-order valence-electron chi connectivity index (χ2n) is 7.41. The Bertz CT molecular complexity index is 874. The Balaban J connectivity index is 1.60. The highest BCUT2D eigenvalue weighted by Gasteiger charge is 2.50. The number of hydrazone groups is 1. The average molecular weight is 371 g/mol. The van der Waals surface area contributed by atoms with Crippen molar-refractivity contribution in [2.45, 2.75) is 50.3 Å². The van der Waals surface area contributed by atoms with Crippen LogP contribution in [-0.4, -0.2) is 16.4 Å². The van der Waals surface area contributed by atoms with E-state index in [9.17, 15) is 4.39 Å². The van der Waals surface area contributed by atoms with E-state index in [0.29, 0.717) is 5.02 Å². The first-order chi connectivity index (χ1) is 12.6. The zero-order valence-electron chi connectivity index (χ0n) is 14.4. The van der Waals surface area contributed by atoms with Crippen LogP contribution in [-0.2, 0) is 0 Å². The minimum Gasteiger partial charge on any atom is -0.466 e. The van der Waals surface area contributed by atoms with Crippen molar-refractivity contribution in [3.63, 3.8) is 0 Å². The molecule has 1 aliphatic carbocycles. The number of rotatable bonds is 1. The van der Waals surface area contributed by atoms with Crippen LogP contribution in [0.2, 0.25) is 5.02 Å². The Morgan fingerprint density at radius 2 is 1.85 bits per heavy atom. The predicted octanol–water partition coefficient (Wildman–Crippen LogP) is 5.68. The second kappa shape index (κ2) is 5.98. The van der Waals surface area contributed by atoms with Gasteiger partial charge in [-0.3, -0.25) is 0 Å². The molecule has 2 aromatic rings. The second-order valence-corrected chi connectivity index (χ2v) is 7.85. The predicted molar refractivity (Wildman–Crippen MR) is 100 cm³/mol. The van der Waals surface area contributed by atoms with Crippen molar-refractivity contribution in [3.8, 4) is 5.75 Å². The number of ether oxygens (including phenoxy) is 1. The molecule has 1 fully saturated rings. The molecule has 1 saturated carbocycles. The van der Waals surface area contributed by atoms with Gasteiger partial charge in [-0.25, -0.2) is 9.40 Å². The molecule has 1 atom stereocenters. The Morgan fingerprint density at radius 1 is 1.08 bits per heavy atom.